The largest absolute Gasteiger partial charge is 0.452 e. The van der Waals surface area contributed by atoms with Gasteiger partial charge in [-0.25, -0.2) is 4.79 Å². The number of esters is 1. The molecule has 1 N–H and O–H groups in total. The molecule has 2 aromatic rings. The van der Waals surface area contributed by atoms with Crippen LogP contribution in [0.3, 0.4) is 0 Å². The van der Waals surface area contributed by atoms with Crippen molar-refractivity contribution < 1.29 is 32.8 Å². The van der Waals surface area contributed by atoms with E-state index in [0.29, 0.717) is 5.56 Å². The molecule has 0 bridgehead atoms. The quantitative estimate of drug-likeness (QED) is 0.295. The molecule has 0 atom stereocenters. The van der Waals surface area contributed by atoms with Crippen molar-refractivity contribution in [3.05, 3.63) is 69.2 Å². The summed E-state index contributed by atoms with van der Waals surface area (Å²) in [4.78, 5) is 33.6. The van der Waals surface area contributed by atoms with E-state index in [2.05, 4.69) is 10.1 Å². The maximum atomic E-state index is 12.1. The Morgan fingerprint density at radius 3 is 2.52 bits per heavy atom. The Morgan fingerprint density at radius 2 is 1.90 bits per heavy atom. The van der Waals surface area contributed by atoms with Crippen molar-refractivity contribution in [1.29, 1.82) is 0 Å². The topological polar surface area (TPSA) is 108 Å². The molecule has 2 rings (SSSR count). The SMILES string of the molecule is O=C(COC(=O)C=Cc1ccc(OC(F)F)cc1)Nc1cc([N+](=O)[O-])ccc1Cl. The Hall–Kier alpha value is -3.53. The fourth-order valence-corrected chi connectivity index (χ4v) is 2.18. The van der Waals surface area contributed by atoms with Crippen LogP contribution in [-0.4, -0.2) is 30.0 Å². The van der Waals surface area contributed by atoms with E-state index in [9.17, 15) is 28.5 Å². The van der Waals surface area contributed by atoms with Crippen LogP contribution in [0.15, 0.2) is 48.5 Å². The van der Waals surface area contributed by atoms with Crippen LogP contribution in [0.2, 0.25) is 5.02 Å². The Labute approximate surface area is 167 Å². The molecule has 0 radical (unpaired) electrons. The highest BCUT2D eigenvalue weighted by Gasteiger charge is 2.13. The summed E-state index contributed by atoms with van der Waals surface area (Å²) in [6.45, 7) is -3.59. The molecule has 8 nitrogen and oxygen atoms in total. The van der Waals surface area contributed by atoms with Crippen LogP contribution in [0, 0.1) is 10.1 Å². The van der Waals surface area contributed by atoms with Crippen LogP contribution < -0.4 is 10.1 Å². The van der Waals surface area contributed by atoms with E-state index in [4.69, 9.17) is 16.3 Å². The lowest BCUT2D eigenvalue weighted by Crippen LogP contribution is -2.20. The number of nitrogens with one attached hydrogen (secondary N) is 1. The standard InChI is InChI=1S/C18H13ClF2N2O6/c19-14-7-4-12(23(26)27)9-15(14)22-16(24)10-28-17(25)8-3-11-1-5-13(6-2-11)29-18(20)21/h1-9,18H,10H2,(H,22,24). The first-order valence-corrected chi connectivity index (χ1v) is 8.26. The lowest BCUT2D eigenvalue weighted by molar-refractivity contribution is -0.384. The number of hydrogen-bond acceptors (Lipinski definition) is 6. The molecule has 2 aromatic carbocycles. The van der Waals surface area contributed by atoms with E-state index < -0.39 is 30.0 Å². The molecule has 0 heterocycles. The van der Waals surface area contributed by atoms with E-state index in [-0.39, 0.29) is 22.1 Å². The van der Waals surface area contributed by atoms with Crippen LogP contribution >= 0.6 is 11.6 Å². The zero-order valence-corrected chi connectivity index (χ0v) is 15.3. The lowest BCUT2D eigenvalue weighted by atomic mass is 10.2. The molecule has 0 unspecified atom stereocenters. The number of nitro benzene ring substituents is 1. The third kappa shape index (κ3) is 7.18. The normalized spacial score (nSPS) is 10.8. The molecule has 29 heavy (non-hydrogen) atoms. The number of hydrogen-bond donors (Lipinski definition) is 1. The van der Waals surface area contributed by atoms with Gasteiger partial charge in [-0.3, -0.25) is 14.9 Å². The van der Waals surface area contributed by atoms with Gasteiger partial charge >= 0.3 is 12.6 Å². The first kappa shape index (κ1) is 21.8. The molecule has 0 fully saturated rings. The molecule has 0 saturated heterocycles. The zero-order valence-electron chi connectivity index (χ0n) is 14.5. The van der Waals surface area contributed by atoms with Crippen molar-refractivity contribution in [2.45, 2.75) is 6.61 Å². The number of alkyl halides is 2. The molecule has 11 heteroatoms. The molecule has 0 aliphatic carbocycles. The van der Waals surface area contributed by atoms with Crippen molar-refractivity contribution in [3.8, 4) is 5.75 Å². The van der Waals surface area contributed by atoms with Crippen LogP contribution in [0.1, 0.15) is 5.56 Å². The molecular weight excluding hydrogens is 414 g/mol. The van der Waals surface area contributed by atoms with Gasteiger partial charge in [-0.1, -0.05) is 23.7 Å². The summed E-state index contributed by atoms with van der Waals surface area (Å²) >= 11 is 5.86. The third-order valence-electron chi connectivity index (χ3n) is 3.30. The Morgan fingerprint density at radius 1 is 1.21 bits per heavy atom. The second-order valence-electron chi connectivity index (χ2n) is 5.36. The average molecular weight is 427 g/mol. The van der Waals surface area contributed by atoms with Crippen LogP contribution in [-0.2, 0) is 14.3 Å². The van der Waals surface area contributed by atoms with Crippen molar-refractivity contribution in [2.75, 3.05) is 11.9 Å². The molecule has 152 valence electrons. The second-order valence-corrected chi connectivity index (χ2v) is 5.77. The highest BCUT2D eigenvalue weighted by Crippen LogP contribution is 2.26. The van der Waals surface area contributed by atoms with Gasteiger partial charge in [0.15, 0.2) is 6.61 Å². The highest BCUT2D eigenvalue weighted by atomic mass is 35.5. The predicted octanol–water partition coefficient (Wildman–Crippen LogP) is 4.04. The number of ether oxygens (including phenoxy) is 2. The van der Waals surface area contributed by atoms with E-state index in [1.165, 1.54) is 42.5 Å². The number of non-ortho nitro benzene ring substituents is 1. The number of carbonyl (C=O) groups excluding carboxylic acids is 2. The number of carbonyl (C=O) groups is 2. The first-order chi connectivity index (χ1) is 13.7. The molecular formula is C18H13ClF2N2O6. The van der Waals surface area contributed by atoms with E-state index in [1.807, 2.05) is 0 Å². The summed E-state index contributed by atoms with van der Waals surface area (Å²) < 4.78 is 33.1. The monoisotopic (exact) mass is 426 g/mol. The number of halogens is 3. The molecule has 1 amide bonds. The Balaban J connectivity index is 1.85. The molecule has 0 aliphatic heterocycles. The number of nitro groups is 1. The van der Waals surface area contributed by atoms with Crippen molar-refractivity contribution in [3.63, 3.8) is 0 Å². The molecule has 0 aliphatic rings. The van der Waals surface area contributed by atoms with Gasteiger partial charge < -0.3 is 14.8 Å². The minimum atomic E-state index is -2.94. The van der Waals surface area contributed by atoms with Crippen molar-refractivity contribution in [1.82, 2.24) is 0 Å². The highest BCUT2D eigenvalue weighted by molar-refractivity contribution is 6.33. The van der Waals surface area contributed by atoms with Gasteiger partial charge in [0.2, 0.25) is 0 Å². The first-order valence-electron chi connectivity index (χ1n) is 7.88. The summed E-state index contributed by atoms with van der Waals surface area (Å²) in [5, 5.41) is 13.1. The van der Waals surface area contributed by atoms with Gasteiger partial charge in [-0.15, -0.1) is 0 Å². The smallest absolute Gasteiger partial charge is 0.387 e. The molecule has 0 spiro atoms. The fraction of sp³-hybridized carbons (Fsp3) is 0.111. The van der Waals surface area contributed by atoms with E-state index >= 15 is 0 Å². The Bertz CT molecular complexity index is 934. The van der Waals surface area contributed by atoms with Gasteiger partial charge in [0, 0.05) is 18.2 Å². The second kappa shape index (κ2) is 10.1. The summed E-state index contributed by atoms with van der Waals surface area (Å²) in [6.07, 6.45) is 2.39. The number of benzene rings is 2. The van der Waals surface area contributed by atoms with Gasteiger partial charge in [0.05, 0.1) is 15.6 Å². The molecule has 0 saturated carbocycles. The van der Waals surface area contributed by atoms with Gasteiger partial charge in [-0.2, -0.15) is 8.78 Å². The Kier molecular flexibility index (Phi) is 7.61. The van der Waals surface area contributed by atoms with Crippen molar-refractivity contribution >= 4 is 40.9 Å². The predicted molar refractivity (Wildman–Crippen MR) is 99.8 cm³/mol. The van der Waals surface area contributed by atoms with Gasteiger partial charge in [0.25, 0.3) is 11.6 Å². The van der Waals surface area contributed by atoms with Crippen LogP contribution in [0.5, 0.6) is 5.75 Å². The summed E-state index contributed by atoms with van der Waals surface area (Å²) in [6, 6.07) is 8.98. The number of anilines is 1. The van der Waals surface area contributed by atoms with Crippen molar-refractivity contribution in [2.24, 2.45) is 0 Å². The lowest BCUT2D eigenvalue weighted by Gasteiger charge is -2.07. The van der Waals surface area contributed by atoms with Gasteiger partial charge in [-0.05, 0) is 29.8 Å². The van der Waals surface area contributed by atoms with Gasteiger partial charge in [0.1, 0.15) is 5.75 Å². The number of nitrogens with zero attached hydrogens (tertiary/aromatic N) is 1. The number of amides is 1. The van der Waals surface area contributed by atoms with E-state index in [0.717, 1.165) is 12.1 Å². The minimum Gasteiger partial charge on any atom is -0.452 e. The maximum Gasteiger partial charge on any atom is 0.387 e. The number of rotatable bonds is 8. The molecule has 0 aromatic heterocycles. The summed E-state index contributed by atoms with van der Waals surface area (Å²) in [7, 11) is 0. The van der Waals surface area contributed by atoms with E-state index in [1.54, 1.807) is 0 Å². The maximum absolute atomic E-state index is 12.1. The van der Waals surface area contributed by atoms with Crippen LogP contribution in [0.25, 0.3) is 6.08 Å². The summed E-state index contributed by atoms with van der Waals surface area (Å²) in [5.74, 6) is -1.61. The average Bonchev–Trinajstić information content (AvgIpc) is 2.67. The van der Waals surface area contributed by atoms with Crippen LogP contribution in [0.4, 0.5) is 20.2 Å². The minimum absolute atomic E-state index is 0.00330. The fourth-order valence-electron chi connectivity index (χ4n) is 2.02. The zero-order chi connectivity index (χ0) is 21.4. The summed E-state index contributed by atoms with van der Waals surface area (Å²) in [5.41, 5.74) is 0.245. The third-order valence-corrected chi connectivity index (χ3v) is 3.63.